The Bertz CT molecular complexity index is 458. The summed E-state index contributed by atoms with van der Waals surface area (Å²) in [4.78, 5) is 0. The van der Waals surface area contributed by atoms with Crippen molar-refractivity contribution < 1.29 is 0 Å². The number of halogens is 1. The van der Waals surface area contributed by atoms with Gasteiger partial charge in [-0.2, -0.15) is 0 Å². The maximum Gasteiger partial charge on any atom is 0.0423 e. The van der Waals surface area contributed by atoms with Gasteiger partial charge in [0.2, 0.25) is 0 Å². The normalized spacial score (nSPS) is 10.6. The van der Waals surface area contributed by atoms with Gasteiger partial charge in [0.1, 0.15) is 0 Å². The molecular weight excluding hydrogens is 226 g/mol. The monoisotopic (exact) mass is 235 g/mol. The van der Waals surface area contributed by atoms with Crippen LogP contribution in [0.1, 0.15) is 5.56 Å². The lowest BCUT2D eigenvalue weighted by Crippen LogP contribution is -1.90. The summed E-state index contributed by atoms with van der Waals surface area (Å²) in [5.41, 5.74) is 7.97. The zero-order valence-electron chi connectivity index (χ0n) is 7.34. The smallest absolute Gasteiger partial charge is 0.0423 e. The molecule has 0 saturated carbocycles. The highest BCUT2D eigenvalue weighted by atomic mass is 79.9. The number of fused-ring (bicyclic) bond motifs is 1. The summed E-state index contributed by atoms with van der Waals surface area (Å²) in [7, 11) is 0. The summed E-state index contributed by atoms with van der Waals surface area (Å²) >= 11 is 3.44. The number of rotatable bonds is 0. The van der Waals surface area contributed by atoms with E-state index in [2.05, 4.69) is 34.1 Å². The quantitative estimate of drug-likeness (QED) is 0.696. The second-order valence-electron chi connectivity index (χ2n) is 3.16. The van der Waals surface area contributed by atoms with Crippen LogP contribution in [0.2, 0.25) is 0 Å². The predicted molar refractivity (Wildman–Crippen MR) is 60.8 cm³/mol. The van der Waals surface area contributed by atoms with Crippen LogP contribution in [0.25, 0.3) is 10.8 Å². The summed E-state index contributed by atoms with van der Waals surface area (Å²) < 4.78 is 1.07. The standard InChI is InChI=1S/C11H10BrN/c1-7-2-3-8-4-5-9(12)6-10(8)11(7)13/h2-6H,13H2,1H3. The molecule has 13 heavy (non-hydrogen) atoms. The molecule has 0 bridgehead atoms. The van der Waals surface area contributed by atoms with Crippen LogP contribution in [-0.2, 0) is 0 Å². The van der Waals surface area contributed by atoms with Crippen LogP contribution in [0.3, 0.4) is 0 Å². The fraction of sp³-hybridized carbons (Fsp3) is 0.0909. The Kier molecular flexibility index (Phi) is 2.00. The van der Waals surface area contributed by atoms with Crippen molar-refractivity contribution in [1.82, 2.24) is 0 Å². The SMILES string of the molecule is Cc1ccc2ccc(Br)cc2c1N. The van der Waals surface area contributed by atoms with Crippen LogP contribution in [0, 0.1) is 6.92 Å². The Labute approximate surface area is 85.7 Å². The van der Waals surface area contributed by atoms with Crippen molar-refractivity contribution >= 4 is 32.4 Å². The van der Waals surface area contributed by atoms with Gasteiger partial charge in [-0.15, -0.1) is 0 Å². The summed E-state index contributed by atoms with van der Waals surface area (Å²) in [5, 5.41) is 2.31. The van der Waals surface area contributed by atoms with Gasteiger partial charge in [-0.3, -0.25) is 0 Å². The first-order chi connectivity index (χ1) is 6.18. The van der Waals surface area contributed by atoms with Crippen molar-refractivity contribution in [3.63, 3.8) is 0 Å². The minimum absolute atomic E-state index is 0.874. The van der Waals surface area contributed by atoms with E-state index in [9.17, 15) is 0 Å². The molecule has 66 valence electrons. The van der Waals surface area contributed by atoms with E-state index in [1.54, 1.807) is 0 Å². The summed E-state index contributed by atoms with van der Waals surface area (Å²) in [6.45, 7) is 2.02. The van der Waals surface area contributed by atoms with E-state index in [-0.39, 0.29) is 0 Å². The van der Waals surface area contributed by atoms with Gasteiger partial charge in [0.25, 0.3) is 0 Å². The Hall–Kier alpha value is -1.02. The van der Waals surface area contributed by atoms with Crippen LogP contribution in [0.15, 0.2) is 34.8 Å². The van der Waals surface area contributed by atoms with Gasteiger partial charge in [0, 0.05) is 15.5 Å². The van der Waals surface area contributed by atoms with Crippen LogP contribution in [0.4, 0.5) is 5.69 Å². The summed E-state index contributed by atoms with van der Waals surface area (Å²) in [6.07, 6.45) is 0. The third-order valence-corrected chi connectivity index (χ3v) is 2.74. The fourth-order valence-corrected chi connectivity index (χ4v) is 1.79. The summed E-state index contributed by atoms with van der Waals surface area (Å²) in [6, 6.07) is 10.3. The minimum Gasteiger partial charge on any atom is -0.398 e. The lowest BCUT2D eigenvalue weighted by atomic mass is 10.1. The molecular formula is C11H10BrN. The van der Waals surface area contributed by atoms with Crippen molar-refractivity contribution in [2.45, 2.75) is 6.92 Å². The van der Waals surface area contributed by atoms with Crippen LogP contribution >= 0.6 is 15.9 Å². The number of nitrogen functional groups attached to an aromatic ring is 1. The highest BCUT2D eigenvalue weighted by molar-refractivity contribution is 9.10. The second-order valence-corrected chi connectivity index (χ2v) is 4.08. The molecule has 0 fully saturated rings. The van der Waals surface area contributed by atoms with Gasteiger partial charge in [0.05, 0.1) is 0 Å². The van der Waals surface area contributed by atoms with Gasteiger partial charge < -0.3 is 5.73 Å². The first-order valence-electron chi connectivity index (χ1n) is 4.13. The van der Waals surface area contributed by atoms with Crippen molar-refractivity contribution in [2.24, 2.45) is 0 Å². The second kappa shape index (κ2) is 3.04. The maximum atomic E-state index is 5.97. The molecule has 2 aromatic rings. The Morgan fingerprint density at radius 1 is 1.15 bits per heavy atom. The van der Waals surface area contributed by atoms with Crippen molar-refractivity contribution in [1.29, 1.82) is 0 Å². The first-order valence-corrected chi connectivity index (χ1v) is 4.92. The molecule has 0 aromatic heterocycles. The van der Waals surface area contributed by atoms with E-state index >= 15 is 0 Å². The van der Waals surface area contributed by atoms with E-state index in [1.165, 1.54) is 5.39 Å². The minimum atomic E-state index is 0.874. The Morgan fingerprint density at radius 2 is 1.85 bits per heavy atom. The fourth-order valence-electron chi connectivity index (χ4n) is 1.42. The molecule has 2 rings (SSSR count). The number of aryl methyl sites for hydroxylation is 1. The Morgan fingerprint density at radius 3 is 2.62 bits per heavy atom. The average molecular weight is 236 g/mol. The lowest BCUT2D eigenvalue weighted by molar-refractivity contribution is 1.50. The lowest BCUT2D eigenvalue weighted by Gasteiger charge is -2.05. The maximum absolute atomic E-state index is 5.97. The average Bonchev–Trinajstić information content (AvgIpc) is 2.12. The molecule has 0 unspecified atom stereocenters. The molecule has 0 aliphatic carbocycles. The topological polar surface area (TPSA) is 26.0 Å². The largest absolute Gasteiger partial charge is 0.398 e. The van der Waals surface area contributed by atoms with Crippen molar-refractivity contribution in [2.75, 3.05) is 5.73 Å². The van der Waals surface area contributed by atoms with E-state index in [0.29, 0.717) is 0 Å². The highest BCUT2D eigenvalue weighted by Crippen LogP contribution is 2.27. The zero-order valence-corrected chi connectivity index (χ0v) is 8.93. The molecule has 1 nitrogen and oxygen atoms in total. The molecule has 0 aliphatic rings. The molecule has 0 radical (unpaired) electrons. The van der Waals surface area contributed by atoms with Crippen molar-refractivity contribution in [3.05, 3.63) is 40.4 Å². The van der Waals surface area contributed by atoms with Gasteiger partial charge in [-0.25, -0.2) is 0 Å². The van der Waals surface area contributed by atoms with Gasteiger partial charge in [-0.05, 0) is 30.0 Å². The van der Waals surface area contributed by atoms with Crippen LogP contribution in [0.5, 0.6) is 0 Å². The Balaban J connectivity index is 2.89. The molecule has 2 aromatic carbocycles. The molecule has 0 aliphatic heterocycles. The number of hydrogen-bond donors (Lipinski definition) is 1. The predicted octanol–water partition coefficient (Wildman–Crippen LogP) is 3.49. The number of nitrogens with two attached hydrogens (primary N) is 1. The molecule has 0 atom stereocenters. The van der Waals surface area contributed by atoms with E-state index in [4.69, 9.17) is 5.73 Å². The van der Waals surface area contributed by atoms with Gasteiger partial charge in [0.15, 0.2) is 0 Å². The van der Waals surface area contributed by atoms with Gasteiger partial charge in [-0.1, -0.05) is 34.1 Å². The van der Waals surface area contributed by atoms with E-state index < -0.39 is 0 Å². The molecule has 0 saturated heterocycles. The third-order valence-electron chi connectivity index (χ3n) is 2.24. The number of benzene rings is 2. The van der Waals surface area contributed by atoms with Crippen LogP contribution < -0.4 is 5.73 Å². The first kappa shape index (κ1) is 8.57. The van der Waals surface area contributed by atoms with Crippen LogP contribution in [-0.4, -0.2) is 0 Å². The molecule has 0 amide bonds. The van der Waals surface area contributed by atoms with Crippen molar-refractivity contribution in [3.8, 4) is 0 Å². The molecule has 2 heteroatoms. The number of hydrogen-bond acceptors (Lipinski definition) is 1. The summed E-state index contributed by atoms with van der Waals surface area (Å²) in [5.74, 6) is 0. The zero-order chi connectivity index (χ0) is 9.42. The third kappa shape index (κ3) is 1.42. The van der Waals surface area contributed by atoms with E-state index in [1.807, 2.05) is 19.1 Å². The molecule has 2 N–H and O–H groups in total. The molecule has 0 spiro atoms. The molecule has 0 heterocycles. The highest BCUT2D eigenvalue weighted by Gasteiger charge is 2.00. The van der Waals surface area contributed by atoms with Gasteiger partial charge >= 0.3 is 0 Å². The van der Waals surface area contributed by atoms with E-state index in [0.717, 1.165) is 21.1 Å². The number of anilines is 1.